The smallest absolute Gasteiger partial charge is 0.257 e. The molecular weight excluding hydrogens is 314 g/mol. The second kappa shape index (κ2) is 9.03. The van der Waals surface area contributed by atoms with E-state index >= 15 is 0 Å². The fraction of sp³-hybridized carbons (Fsp3) is 0.450. The van der Waals surface area contributed by atoms with Crippen LogP contribution >= 0.6 is 0 Å². The summed E-state index contributed by atoms with van der Waals surface area (Å²) < 4.78 is 0. The van der Waals surface area contributed by atoms with Gasteiger partial charge in [-0.3, -0.25) is 14.5 Å². The first-order valence-electron chi connectivity index (χ1n) is 8.72. The maximum Gasteiger partial charge on any atom is 0.257 e. The van der Waals surface area contributed by atoms with Crippen molar-refractivity contribution in [2.75, 3.05) is 7.05 Å². The van der Waals surface area contributed by atoms with Gasteiger partial charge in [0.25, 0.3) is 11.8 Å². The molecule has 1 fully saturated rings. The molecule has 1 aliphatic rings. The molecule has 5 heteroatoms. The van der Waals surface area contributed by atoms with Crippen LogP contribution in [-0.4, -0.2) is 29.8 Å². The van der Waals surface area contributed by atoms with E-state index in [4.69, 9.17) is 5.26 Å². The topological polar surface area (TPSA) is 73.2 Å². The summed E-state index contributed by atoms with van der Waals surface area (Å²) in [6.07, 6.45) is 8.69. The number of likely N-dealkylation sites (N-methyl/N-ethyl adjacent to an activating group) is 1. The molecule has 5 nitrogen and oxygen atoms in total. The Morgan fingerprint density at radius 1 is 1.32 bits per heavy atom. The summed E-state index contributed by atoms with van der Waals surface area (Å²) in [4.78, 5) is 25.9. The van der Waals surface area contributed by atoms with Gasteiger partial charge in [0.15, 0.2) is 6.19 Å². The van der Waals surface area contributed by atoms with Crippen LogP contribution < -0.4 is 5.32 Å². The van der Waals surface area contributed by atoms with Crippen LogP contribution in [0.15, 0.2) is 42.0 Å². The number of carbonyl (C=O) groups is 2. The average molecular weight is 339 g/mol. The number of benzene rings is 1. The minimum absolute atomic E-state index is 0.282. The van der Waals surface area contributed by atoms with Gasteiger partial charge in [-0.25, -0.2) is 0 Å². The molecule has 0 saturated heterocycles. The highest BCUT2D eigenvalue weighted by molar-refractivity contribution is 5.97. The zero-order chi connectivity index (χ0) is 18.2. The van der Waals surface area contributed by atoms with Gasteiger partial charge in [0.2, 0.25) is 0 Å². The molecule has 1 saturated carbocycles. The van der Waals surface area contributed by atoms with E-state index in [-0.39, 0.29) is 11.8 Å². The average Bonchev–Trinajstić information content (AvgIpc) is 2.67. The lowest BCUT2D eigenvalue weighted by Gasteiger charge is -2.28. The molecule has 0 aliphatic heterocycles. The van der Waals surface area contributed by atoms with Crippen molar-refractivity contribution in [3.63, 3.8) is 0 Å². The number of amides is 2. The standard InChI is InChI=1S/C20H25N3O2/c1-3-15-9-11-16(12-10-15)13-18(20(25)23(2)14-21)22-19(24)17-7-5-4-6-8-17/h3-8,16,18H,9-13H2,1-2H3,(H,22,24)/t16?,18-/m0/s1. The van der Waals surface area contributed by atoms with Crippen LogP contribution in [-0.2, 0) is 4.79 Å². The molecule has 0 spiro atoms. The van der Waals surface area contributed by atoms with Gasteiger partial charge in [0.05, 0.1) is 0 Å². The number of nitrogens with zero attached hydrogens (tertiary/aromatic N) is 2. The zero-order valence-corrected chi connectivity index (χ0v) is 14.9. The van der Waals surface area contributed by atoms with Crippen molar-refractivity contribution in [1.29, 1.82) is 5.26 Å². The lowest BCUT2D eigenvalue weighted by Crippen LogP contribution is -2.47. The van der Waals surface area contributed by atoms with Crippen LogP contribution in [0.25, 0.3) is 0 Å². The predicted octanol–water partition coefficient (Wildman–Crippen LogP) is 3.25. The molecule has 0 unspecified atom stereocenters. The number of rotatable bonds is 5. The normalized spacial score (nSPS) is 18.0. The van der Waals surface area contributed by atoms with Gasteiger partial charge in [-0.15, -0.1) is 0 Å². The third-order valence-corrected chi connectivity index (χ3v) is 4.84. The monoisotopic (exact) mass is 339 g/mol. The Bertz CT molecular complexity index is 666. The summed E-state index contributed by atoms with van der Waals surface area (Å²) in [5.74, 6) is -0.264. The third-order valence-electron chi connectivity index (χ3n) is 4.84. The van der Waals surface area contributed by atoms with Crippen LogP contribution in [0.4, 0.5) is 0 Å². The number of hydrogen-bond donors (Lipinski definition) is 1. The first-order valence-corrected chi connectivity index (χ1v) is 8.72. The van der Waals surface area contributed by atoms with Crippen LogP contribution in [0, 0.1) is 17.4 Å². The SMILES string of the molecule is CC=C1CCC(C[C@H](NC(=O)c2ccccc2)C(=O)N(C)C#N)CC1. The van der Waals surface area contributed by atoms with Crippen LogP contribution in [0.1, 0.15) is 49.4 Å². The van der Waals surface area contributed by atoms with Crippen molar-refractivity contribution in [3.05, 3.63) is 47.5 Å². The first kappa shape index (κ1) is 18.7. The summed E-state index contributed by atoms with van der Waals surface area (Å²) in [7, 11) is 1.43. The number of carbonyl (C=O) groups excluding carboxylic acids is 2. The van der Waals surface area contributed by atoms with Crippen LogP contribution in [0.2, 0.25) is 0 Å². The van der Waals surface area contributed by atoms with Crippen LogP contribution in [0.3, 0.4) is 0 Å². The van der Waals surface area contributed by atoms with Gasteiger partial charge < -0.3 is 5.32 Å². The molecular formula is C20H25N3O2. The minimum atomic E-state index is -0.672. The second-order valence-corrected chi connectivity index (χ2v) is 6.52. The lowest BCUT2D eigenvalue weighted by atomic mass is 9.82. The number of hydrogen-bond acceptors (Lipinski definition) is 3. The van der Waals surface area contributed by atoms with E-state index in [2.05, 4.69) is 18.3 Å². The fourth-order valence-corrected chi connectivity index (χ4v) is 3.24. The Morgan fingerprint density at radius 3 is 2.52 bits per heavy atom. The highest BCUT2D eigenvalue weighted by atomic mass is 16.2. The van der Waals surface area contributed by atoms with Crippen molar-refractivity contribution >= 4 is 11.8 Å². The van der Waals surface area contributed by atoms with Gasteiger partial charge in [-0.2, -0.15) is 5.26 Å². The Hall–Kier alpha value is -2.61. The number of nitrogens with one attached hydrogen (secondary N) is 1. The molecule has 1 atom stereocenters. The molecule has 1 aromatic carbocycles. The van der Waals surface area contributed by atoms with Gasteiger partial charge in [-0.05, 0) is 57.1 Å². The Labute approximate surface area is 149 Å². The molecule has 2 amide bonds. The maximum absolute atomic E-state index is 12.5. The van der Waals surface area contributed by atoms with Gasteiger partial charge >= 0.3 is 0 Å². The molecule has 0 bridgehead atoms. The molecule has 1 aromatic rings. The molecule has 2 rings (SSSR count). The Balaban J connectivity index is 2.07. The first-order chi connectivity index (χ1) is 12.0. The summed E-state index contributed by atoms with van der Waals surface area (Å²) in [6, 6.07) is 8.16. The van der Waals surface area contributed by atoms with E-state index in [1.165, 1.54) is 12.6 Å². The summed E-state index contributed by atoms with van der Waals surface area (Å²) in [6.45, 7) is 2.06. The van der Waals surface area contributed by atoms with E-state index in [9.17, 15) is 9.59 Å². The Kier molecular flexibility index (Phi) is 6.76. The zero-order valence-electron chi connectivity index (χ0n) is 14.9. The molecule has 1 aliphatic carbocycles. The maximum atomic E-state index is 12.5. The van der Waals surface area contributed by atoms with Crippen LogP contribution in [0.5, 0.6) is 0 Å². The van der Waals surface area contributed by atoms with Gasteiger partial charge in [-0.1, -0.05) is 29.8 Å². The van der Waals surface area contributed by atoms with E-state index in [1.807, 2.05) is 12.3 Å². The molecule has 0 aromatic heterocycles. The van der Waals surface area contributed by atoms with E-state index in [0.29, 0.717) is 17.9 Å². The lowest BCUT2D eigenvalue weighted by molar-refractivity contribution is -0.129. The quantitative estimate of drug-likeness (QED) is 0.508. The van der Waals surface area contributed by atoms with Crippen molar-refractivity contribution in [1.82, 2.24) is 10.2 Å². The van der Waals surface area contributed by atoms with Crippen molar-refractivity contribution in [2.24, 2.45) is 5.92 Å². The number of nitriles is 1. The largest absolute Gasteiger partial charge is 0.340 e. The molecule has 0 heterocycles. The molecule has 25 heavy (non-hydrogen) atoms. The predicted molar refractivity (Wildman–Crippen MR) is 96.4 cm³/mol. The van der Waals surface area contributed by atoms with Gasteiger partial charge in [0, 0.05) is 12.6 Å². The van der Waals surface area contributed by atoms with Crippen molar-refractivity contribution < 1.29 is 9.59 Å². The van der Waals surface area contributed by atoms with Crippen molar-refractivity contribution in [2.45, 2.75) is 45.1 Å². The summed E-state index contributed by atoms with van der Waals surface area (Å²) in [5, 5.41) is 11.8. The highest BCUT2D eigenvalue weighted by Gasteiger charge is 2.29. The van der Waals surface area contributed by atoms with Gasteiger partial charge in [0.1, 0.15) is 6.04 Å². The minimum Gasteiger partial charge on any atom is -0.340 e. The van der Waals surface area contributed by atoms with E-state index in [1.54, 1.807) is 24.3 Å². The van der Waals surface area contributed by atoms with Crippen molar-refractivity contribution in [3.8, 4) is 6.19 Å². The molecule has 0 radical (unpaired) electrons. The van der Waals surface area contributed by atoms with E-state index < -0.39 is 6.04 Å². The van der Waals surface area contributed by atoms with E-state index in [0.717, 1.165) is 30.6 Å². The third kappa shape index (κ3) is 5.18. The molecule has 132 valence electrons. The molecule has 1 N–H and O–H groups in total. The summed E-state index contributed by atoms with van der Waals surface area (Å²) >= 11 is 0. The second-order valence-electron chi connectivity index (χ2n) is 6.52. The summed E-state index contributed by atoms with van der Waals surface area (Å²) in [5.41, 5.74) is 1.97. The Morgan fingerprint density at radius 2 is 1.96 bits per heavy atom. The fourth-order valence-electron chi connectivity index (χ4n) is 3.24. The highest BCUT2D eigenvalue weighted by Crippen LogP contribution is 2.31. The number of allylic oxidation sites excluding steroid dienone is 2.